The number of aliphatic hydroxyl groups is 1. The molecule has 2 rings (SSSR count). The quantitative estimate of drug-likeness (QED) is 0.782. The molecule has 88 valence electrons. The third-order valence-corrected chi connectivity index (χ3v) is 3.80. The van der Waals surface area contributed by atoms with Crippen molar-refractivity contribution in [1.82, 2.24) is 9.88 Å². The van der Waals surface area contributed by atoms with Crippen molar-refractivity contribution in [3.63, 3.8) is 0 Å². The van der Waals surface area contributed by atoms with E-state index in [4.69, 9.17) is 0 Å². The Kier molecular flexibility index (Phi) is 3.00. The largest absolute Gasteiger partial charge is 0.385 e. The van der Waals surface area contributed by atoms with E-state index in [-0.39, 0.29) is 0 Å². The molecule has 0 aromatic carbocycles. The molecular formula is C13H20N2O. The predicted octanol–water partition coefficient (Wildman–Crippen LogP) is 1.69. The Morgan fingerprint density at radius 1 is 1.56 bits per heavy atom. The summed E-state index contributed by atoms with van der Waals surface area (Å²) in [5.74, 6) is 0. The van der Waals surface area contributed by atoms with Gasteiger partial charge in [0.2, 0.25) is 0 Å². The number of pyridine rings is 1. The van der Waals surface area contributed by atoms with E-state index in [0.717, 1.165) is 30.5 Å². The number of hydrogen-bond donors (Lipinski definition) is 1. The molecule has 1 aromatic rings. The normalized spacial score (nSPS) is 31.6. The van der Waals surface area contributed by atoms with Crippen molar-refractivity contribution in [2.75, 3.05) is 13.6 Å². The van der Waals surface area contributed by atoms with Crippen LogP contribution in [0.1, 0.15) is 30.9 Å². The molecule has 0 saturated carbocycles. The highest BCUT2D eigenvalue weighted by atomic mass is 16.3. The van der Waals surface area contributed by atoms with Gasteiger partial charge in [-0.2, -0.15) is 0 Å². The van der Waals surface area contributed by atoms with Crippen molar-refractivity contribution in [1.29, 1.82) is 0 Å². The van der Waals surface area contributed by atoms with Gasteiger partial charge in [-0.25, -0.2) is 0 Å². The lowest BCUT2D eigenvalue weighted by molar-refractivity contribution is -0.0415. The first-order valence-corrected chi connectivity index (χ1v) is 5.87. The van der Waals surface area contributed by atoms with Gasteiger partial charge in [-0.3, -0.25) is 4.98 Å². The Morgan fingerprint density at radius 3 is 2.94 bits per heavy atom. The lowest BCUT2D eigenvalue weighted by Crippen LogP contribution is -2.46. The summed E-state index contributed by atoms with van der Waals surface area (Å²) in [6.07, 6.45) is 5.17. The first-order valence-electron chi connectivity index (χ1n) is 5.87. The zero-order valence-corrected chi connectivity index (χ0v) is 10.3. The minimum atomic E-state index is -0.690. The highest BCUT2D eigenvalue weighted by Gasteiger charge is 2.37. The SMILES string of the molecule is Cc1ccncc1C1(O)CCN(C)C(C)C1. The van der Waals surface area contributed by atoms with E-state index in [1.165, 1.54) is 0 Å². The van der Waals surface area contributed by atoms with E-state index in [0.29, 0.717) is 6.04 Å². The number of aromatic nitrogens is 1. The first kappa shape index (κ1) is 11.6. The Labute approximate surface area is 97.1 Å². The van der Waals surface area contributed by atoms with Crippen molar-refractivity contribution in [2.24, 2.45) is 0 Å². The molecule has 0 bridgehead atoms. The van der Waals surface area contributed by atoms with Crippen LogP contribution in [0.3, 0.4) is 0 Å². The molecule has 1 saturated heterocycles. The summed E-state index contributed by atoms with van der Waals surface area (Å²) in [6, 6.07) is 2.38. The number of likely N-dealkylation sites (tertiary alicyclic amines) is 1. The summed E-state index contributed by atoms with van der Waals surface area (Å²) in [5, 5.41) is 10.7. The number of hydrogen-bond acceptors (Lipinski definition) is 3. The zero-order valence-electron chi connectivity index (χ0n) is 10.3. The first-order chi connectivity index (χ1) is 7.53. The van der Waals surface area contributed by atoms with Gasteiger partial charge in [-0.15, -0.1) is 0 Å². The standard InChI is InChI=1S/C13H20N2O/c1-10-4-6-14-9-12(10)13(16)5-7-15(3)11(2)8-13/h4,6,9,11,16H,5,7-8H2,1-3H3. The van der Waals surface area contributed by atoms with Crippen LogP contribution in [0.2, 0.25) is 0 Å². The van der Waals surface area contributed by atoms with Gasteiger partial charge in [0, 0.05) is 30.5 Å². The third-order valence-electron chi connectivity index (χ3n) is 3.80. The van der Waals surface area contributed by atoms with E-state index in [9.17, 15) is 5.11 Å². The van der Waals surface area contributed by atoms with Crippen LogP contribution in [0.4, 0.5) is 0 Å². The molecule has 3 nitrogen and oxygen atoms in total. The van der Waals surface area contributed by atoms with Crippen molar-refractivity contribution in [3.05, 3.63) is 29.6 Å². The average molecular weight is 220 g/mol. The average Bonchev–Trinajstić information content (AvgIpc) is 2.25. The molecule has 0 aliphatic carbocycles. The maximum Gasteiger partial charge on any atom is 0.0940 e. The van der Waals surface area contributed by atoms with Gasteiger partial charge in [-0.05, 0) is 45.4 Å². The molecule has 1 fully saturated rings. The van der Waals surface area contributed by atoms with Gasteiger partial charge in [-0.1, -0.05) is 0 Å². The number of piperidine rings is 1. The minimum Gasteiger partial charge on any atom is -0.385 e. The molecule has 16 heavy (non-hydrogen) atoms. The maximum atomic E-state index is 10.7. The zero-order chi connectivity index (χ0) is 11.8. The second kappa shape index (κ2) is 4.15. The third kappa shape index (κ3) is 1.97. The Morgan fingerprint density at radius 2 is 2.31 bits per heavy atom. The van der Waals surface area contributed by atoms with Gasteiger partial charge in [0.1, 0.15) is 0 Å². The molecule has 2 unspecified atom stereocenters. The molecule has 0 amide bonds. The highest BCUT2D eigenvalue weighted by molar-refractivity contribution is 5.28. The van der Waals surface area contributed by atoms with Gasteiger partial charge < -0.3 is 10.0 Å². The van der Waals surface area contributed by atoms with Crippen LogP contribution in [-0.4, -0.2) is 34.6 Å². The summed E-state index contributed by atoms with van der Waals surface area (Å²) in [5.41, 5.74) is 1.44. The van der Waals surface area contributed by atoms with E-state index in [1.807, 2.05) is 19.2 Å². The molecule has 1 aromatic heterocycles. The van der Waals surface area contributed by atoms with Crippen LogP contribution in [0.25, 0.3) is 0 Å². The number of nitrogens with zero attached hydrogens (tertiary/aromatic N) is 2. The lowest BCUT2D eigenvalue weighted by Gasteiger charge is -2.41. The summed E-state index contributed by atoms with van der Waals surface area (Å²) < 4.78 is 0. The molecule has 3 heteroatoms. The molecular weight excluding hydrogens is 200 g/mol. The van der Waals surface area contributed by atoms with Gasteiger partial charge in [0.05, 0.1) is 5.60 Å². The van der Waals surface area contributed by atoms with Crippen molar-refractivity contribution >= 4 is 0 Å². The van der Waals surface area contributed by atoms with E-state index in [1.54, 1.807) is 6.20 Å². The van der Waals surface area contributed by atoms with Crippen LogP contribution in [-0.2, 0) is 5.60 Å². The van der Waals surface area contributed by atoms with Crippen LogP contribution < -0.4 is 0 Å². The monoisotopic (exact) mass is 220 g/mol. The van der Waals surface area contributed by atoms with E-state index < -0.39 is 5.60 Å². The fraction of sp³-hybridized carbons (Fsp3) is 0.615. The lowest BCUT2D eigenvalue weighted by atomic mass is 9.80. The Bertz CT molecular complexity index is 380. The smallest absolute Gasteiger partial charge is 0.0940 e. The summed E-state index contributed by atoms with van der Waals surface area (Å²) in [6.45, 7) is 5.14. The number of aryl methyl sites for hydroxylation is 1. The summed E-state index contributed by atoms with van der Waals surface area (Å²) >= 11 is 0. The number of rotatable bonds is 1. The minimum absolute atomic E-state index is 0.415. The van der Waals surface area contributed by atoms with Crippen molar-refractivity contribution < 1.29 is 5.11 Å². The summed E-state index contributed by atoms with van der Waals surface area (Å²) in [4.78, 5) is 6.43. The van der Waals surface area contributed by atoms with Gasteiger partial charge in [0.15, 0.2) is 0 Å². The Hall–Kier alpha value is -0.930. The van der Waals surface area contributed by atoms with Crippen LogP contribution >= 0.6 is 0 Å². The molecule has 1 aliphatic rings. The molecule has 2 atom stereocenters. The van der Waals surface area contributed by atoms with E-state index in [2.05, 4.69) is 23.9 Å². The van der Waals surface area contributed by atoms with E-state index >= 15 is 0 Å². The van der Waals surface area contributed by atoms with Crippen LogP contribution in [0.5, 0.6) is 0 Å². The fourth-order valence-electron chi connectivity index (χ4n) is 2.52. The van der Waals surface area contributed by atoms with Gasteiger partial charge >= 0.3 is 0 Å². The predicted molar refractivity (Wildman–Crippen MR) is 64.2 cm³/mol. The van der Waals surface area contributed by atoms with Gasteiger partial charge in [0.25, 0.3) is 0 Å². The van der Waals surface area contributed by atoms with Crippen molar-refractivity contribution in [3.8, 4) is 0 Å². The van der Waals surface area contributed by atoms with Crippen molar-refractivity contribution in [2.45, 2.75) is 38.3 Å². The highest BCUT2D eigenvalue weighted by Crippen LogP contribution is 2.36. The van der Waals surface area contributed by atoms with Crippen LogP contribution in [0, 0.1) is 6.92 Å². The summed E-state index contributed by atoms with van der Waals surface area (Å²) in [7, 11) is 2.11. The Balaban J connectivity index is 2.29. The topological polar surface area (TPSA) is 36.4 Å². The maximum absolute atomic E-state index is 10.7. The molecule has 0 spiro atoms. The molecule has 0 radical (unpaired) electrons. The molecule has 1 aliphatic heterocycles. The second-order valence-electron chi connectivity index (χ2n) is 5.01. The molecule has 2 heterocycles. The van der Waals surface area contributed by atoms with Crippen LogP contribution in [0.15, 0.2) is 18.5 Å². The second-order valence-corrected chi connectivity index (χ2v) is 5.01. The molecule has 1 N–H and O–H groups in total. The fourth-order valence-corrected chi connectivity index (χ4v) is 2.52.